The van der Waals surface area contributed by atoms with Crippen molar-refractivity contribution in [3.8, 4) is 0 Å². The number of nitrogens with one attached hydrogen (secondary N) is 1. The summed E-state index contributed by atoms with van der Waals surface area (Å²) in [6, 6.07) is 5.32. The minimum atomic E-state index is 0.0657. The van der Waals surface area contributed by atoms with Crippen molar-refractivity contribution in [1.29, 1.82) is 5.41 Å². The summed E-state index contributed by atoms with van der Waals surface area (Å²) >= 11 is 13.0. The Bertz CT molecular complexity index is 308. The molecule has 0 saturated heterocycles. The summed E-state index contributed by atoms with van der Waals surface area (Å²) in [6.07, 6.45) is 0. The molecule has 13 heavy (non-hydrogen) atoms. The van der Waals surface area contributed by atoms with E-state index in [2.05, 4.69) is 0 Å². The molecule has 0 amide bonds. The highest BCUT2D eigenvalue weighted by molar-refractivity contribution is 8.13. The number of hydrogen-bond acceptors (Lipinski definition) is 2. The van der Waals surface area contributed by atoms with E-state index in [0.29, 0.717) is 15.8 Å². The van der Waals surface area contributed by atoms with Crippen LogP contribution in [0.2, 0.25) is 10.0 Å². The van der Waals surface area contributed by atoms with Crippen LogP contribution in [0, 0.1) is 5.41 Å². The van der Waals surface area contributed by atoms with Crippen molar-refractivity contribution in [2.45, 2.75) is 5.75 Å². The van der Waals surface area contributed by atoms with E-state index in [9.17, 15) is 0 Å². The van der Waals surface area contributed by atoms with E-state index >= 15 is 0 Å². The monoisotopic (exact) mass is 234 g/mol. The summed E-state index contributed by atoms with van der Waals surface area (Å²) < 4.78 is 0. The van der Waals surface area contributed by atoms with Crippen LogP contribution in [0.1, 0.15) is 5.56 Å². The maximum Gasteiger partial charge on any atom is 0.151 e. The summed E-state index contributed by atoms with van der Waals surface area (Å²) in [4.78, 5) is 0. The first-order valence-electron chi connectivity index (χ1n) is 3.51. The highest BCUT2D eigenvalue weighted by Gasteiger charge is 2.05. The Labute approximate surface area is 90.9 Å². The molecule has 0 fully saturated rings. The van der Waals surface area contributed by atoms with Crippen LogP contribution in [0.25, 0.3) is 0 Å². The zero-order valence-corrected chi connectivity index (χ0v) is 9.01. The average Bonchev–Trinajstić information content (AvgIpc) is 2.03. The lowest BCUT2D eigenvalue weighted by molar-refractivity contribution is 1.41. The third-order valence-electron chi connectivity index (χ3n) is 1.43. The number of nitrogens with two attached hydrogens (primary N) is 1. The first kappa shape index (κ1) is 10.7. The standard InChI is InChI=1S/C8H8Cl2N2S/c9-6-2-1-3-7(10)5(6)4-13-8(11)12/h1-3H,4H2,(H3,11,12). The van der Waals surface area contributed by atoms with Crippen LogP contribution in [-0.4, -0.2) is 5.17 Å². The Morgan fingerprint density at radius 1 is 1.38 bits per heavy atom. The van der Waals surface area contributed by atoms with Crippen LogP contribution < -0.4 is 5.73 Å². The molecule has 0 heterocycles. The SMILES string of the molecule is N=C(N)SCc1c(Cl)cccc1Cl. The molecule has 5 heteroatoms. The van der Waals surface area contributed by atoms with Crippen LogP contribution in [-0.2, 0) is 5.75 Å². The van der Waals surface area contributed by atoms with E-state index in [1.165, 1.54) is 11.8 Å². The van der Waals surface area contributed by atoms with E-state index in [1.807, 2.05) is 0 Å². The lowest BCUT2D eigenvalue weighted by Crippen LogP contribution is -2.04. The molecule has 1 aromatic rings. The molecule has 2 nitrogen and oxygen atoms in total. The molecule has 0 aromatic heterocycles. The Morgan fingerprint density at radius 3 is 2.38 bits per heavy atom. The third kappa shape index (κ3) is 3.10. The van der Waals surface area contributed by atoms with Crippen molar-refractivity contribution in [3.05, 3.63) is 33.8 Å². The minimum absolute atomic E-state index is 0.0657. The van der Waals surface area contributed by atoms with Gasteiger partial charge in [0.2, 0.25) is 0 Å². The van der Waals surface area contributed by atoms with Gasteiger partial charge in [-0.3, -0.25) is 5.41 Å². The Morgan fingerprint density at radius 2 is 1.92 bits per heavy atom. The Balaban J connectivity index is 2.81. The van der Waals surface area contributed by atoms with E-state index in [4.69, 9.17) is 34.3 Å². The van der Waals surface area contributed by atoms with Crippen molar-refractivity contribution in [1.82, 2.24) is 0 Å². The highest BCUT2D eigenvalue weighted by atomic mass is 35.5. The van der Waals surface area contributed by atoms with Crippen LogP contribution >= 0.6 is 35.0 Å². The van der Waals surface area contributed by atoms with Gasteiger partial charge < -0.3 is 5.73 Å². The van der Waals surface area contributed by atoms with E-state index in [-0.39, 0.29) is 5.17 Å². The van der Waals surface area contributed by atoms with E-state index < -0.39 is 0 Å². The fourth-order valence-corrected chi connectivity index (χ4v) is 2.12. The number of rotatable bonds is 2. The molecule has 1 aromatic carbocycles. The number of benzene rings is 1. The Hall–Kier alpha value is -0.380. The van der Waals surface area contributed by atoms with Crippen LogP contribution in [0.15, 0.2) is 18.2 Å². The van der Waals surface area contributed by atoms with Crippen molar-refractivity contribution in [3.63, 3.8) is 0 Å². The highest BCUT2D eigenvalue weighted by Crippen LogP contribution is 2.27. The molecule has 0 saturated carbocycles. The van der Waals surface area contributed by atoms with Gasteiger partial charge in [0.05, 0.1) is 0 Å². The van der Waals surface area contributed by atoms with Gasteiger partial charge in [0.1, 0.15) is 0 Å². The van der Waals surface area contributed by atoms with Gasteiger partial charge in [0, 0.05) is 15.8 Å². The molecule has 0 atom stereocenters. The van der Waals surface area contributed by atoms with Gasteiger partial charge in [-0.15, -0.1) is 0 Å². The van der Waals surface area contributed by atoms with Gasteiger partial charge in [-0.25, -0.2) is 0 Å². The van der Waals surface area contributed by atoms with Crippen LogP contribution in [0.3, 0.4) is 0 Å². The predicted molar refractivity (Wildman–Crippen MR) is 59.7 cm³/mol. The summed E-state index contributed by atoms with van der Waals surface area (Å²) in [7, 11) is 0. The van der Waals surface area contributed by atoms with Crippen molar-refractivity contribution in [2.24, 2.45) is 5.73 Å². The molecule has 0 aliphatic rings. The van der Waals surface area contributed by atoms with Crippen LogP contribution in [0.4, 0.5) is 0 Å². The molecular weight excluding hydrogens is 227 g/mol. The van der Waals surface area contributed by atoms with Crippen molar-refractivity contribution < 1.29 is 0 Å². The van der Waals surface area contributed by atoms with Gasteiger partial charge in [-0.05, 0) is 17.7 Å². The number of halogens is 2. The summed E-state index contributed by atoms with van der Waals surface area (Å²) in [5.74, 6) is 0.536. The molecule has 1 rings (SSSR count). The smallest absolute Gasteiger partial charge is 0.151 e. The molecule has 0 radical (unpaired) electrons. The first-order valence-corrected chi connectivity index (χ1v) is 5.25. The maximum atomic E-state index is 7.04. The molecular formula is C8H8Cl2N2S. The summed E-state index contributed by atoms with van der Waals surface area (Å²) in [5.41, 5.74) is 6.03. The second-order valence-corrected chi connectivity index (χ2v) is 4.18. The average molecular weight is 235 g/mol. The normalized spacial score (nSPS) is 10.0. The number of thioether (sulfide) groups is 1. The number of hydrogen-bond donors (Lipinski definition) is 2. The summed E-state index contributed by atoms with van der Waals surface area (Å²) in [6.45, 7) is 0. The van der Waals surface area contributed by atoms with E-state index in [1.54, 1.807) is 18.2 Å². The predicted octanol–water partition coefficient (Wildman–Crippen LogP) is 3.12. The molecule has 70 valence electrons. The molecule has 3 N–H and O–H groups in total. The number of amidine groups is 1. The van der Waals surface area contributed by atoms with Gasteiger partial charge >= 0.3 is 0 Å². The second-order valence-electron chi connectivity index (χ2n) is 2.35. The third-order valence-corrected chi connectivity index (χ3v) is 2.89. The quantitative estimate of drug-likeness (QED) is 0.611. The second kappa shape index (κ2) is 4.74. The molecule has 0 spiro atoms. The van der Waals surface area contributed by atoms with Gasteiger partial charge in [-0.1, -0.05) is 41.0 Å². The summed E-state index contributed by atoms with van der Waals surface area (Å²) in [5, 5.41) is 8.33. The van der Waals surface area contributed by atoms with Gasteiger partial charge in [-0.2, -0.15) is 0 Å². The maximum absolute atomic E-state index is 7.04. The zero-order chi connectivity index (χ0) is 9.84. The molecule has 0 unspecified atom stereocenters. The van der Waals surface area contributed by atoms with Gasteiger partial charge in [0.15, 0.2) is 5.17 Å². The molecule has 0 bridgehead atoms. The largest absolute Gasteiger partial charge is 0.379 e. The lowest BCUT2D eigenvalue weighted by atomic mass is 10.2. The topological polar surface area (TPSA) is 49.9 Å². The lowest BCUT2D eigenvalue weighted by Gasteiger charge is -2.04. The van der Waals surface area contributed by atoms with Crippen molar-refractivity contribution >= 4 is 40.1 Å². The molecule has 0 aliphatic carbocycles. The zero-order valence-electron chi connectivity index (χ0n) is 6.68. The minimum Gasteiger partial charge on any atom is -0.379 e. The fraction of sp³-hybridized carbons (Fsp3) is 0.125. The fourth-order valence-electron chi connectivity index (χ4n) is 0.820. The first-order chi connectivity index (χ1) is 6.11. The van der Waals surface area contributed by atoms with Gasteiger partial charge in [0.25, 0.3) is 0 Å². The Kier molecular flexibility index (Phi) is 3.90. The van der Waals surface area contributed by atoms with E-state index in [0.717, 1.165) is 5.56 Å². The molecule has 0 aliphatic heterocycles. The van der Waals surface area contributed by atoms with Crippen LogP contribution in [0.5, 0.6) is 0 Å². The van der Waals surface area contributed by atoms with Crippen molar-refractivity contribution in [2.75, 3.05) is 0 Å².